The molecule has 5 heteroatoms. The molecule has 1 aliphatic carbocycles. The molecule has 0 bridgehead atoms. The topological polar surface area (TPSA) is 66.4 Å². The average molecular weight is 329 g/mol. The smallest absolute Gasteiger partial charge is 0.303 e. The van der Waals surface area contributed by atoms with Crippen LogP contribution in [0.2, 0.25) is 0 Å². The van der Waals surface area contributed by atoms with Gasteiger partial charge in [-0.05, 0) is 54.5 Å². The molecule has 2 unspecified atom stereocenters. The Kier molecular flexibility index (Phi) is 4.48. The lowest BCUT2D eigenvalue weighted by molar-refractivity contribution is -0.137. The van der Waals surface area contributed by atoms with E-state index in [2.05, 4.69) is 23.7 Å². The summed E-state index contributed by atoms with van der Waals surface area (Å²) in [6, 6.07) is 9.51. The summed E-state index contributed by atoms with van der Waals surface area (Å²) in [5, 5.41) is 13.7. The van der Waals surface area contributed by atoms with Crippen molar-refractivity contribution in [3.8, 4) is 0 Å². The molecule has 23 heavy (non-hydrogen) atoms. The molecule has 4 nitrogen and oxygen atoms in total. The monoisotopic (exact) mass is 329 g/mol. The van der Waals surface area contributed by atoms with Gasteiger partial charge in [0.15, 0.2) is 0 Å². The van der Waals surface area contributed by atoms with E-state index in [1.54, 1.807) is 11.3 Å². The molecular formula is C18H19NO3S. The number of amides is 1. The van der Waals surface area contributed by atoms with Gasteiger partial charge in [0, 0.05) is 28.8 Å². The van der Waals surface area contributed by atoms with Crippen LogP contribution in [-0.4, -0.2) is 17.0 Å². The maximum atomic E-state index is 12.3. The summed E-state index contributed by atoms with van der Waals surface area (Å²) in [5.74, 6) is -0.295. The van der Waals surface area contributed by atoms with Crippen molar-refractivity contribution in [2.75, 3.05) is 5.32 Å². The maximum Gasteiger partial charge on any atom is 0.303 e. The van der Waals surface area contributed by atoms with E-state index in [1.165, 1.54) is 10.4 Å². The molecule has 1 aromatic heterocycles. The van der Waals surface area contributed by atoms with Crippen LogP contribution in [0.1, 0.15) is 34.8 Å². The quantitative estimate of drug-likeness (QED) is 0.847. The van der Waals surface area contributed by atoms with Gasteiger partial charge in [0.05, 0.1) is 0 Å². The number of aryl methyl sites for hydroxylation is 2. The summed E-state index contributed by atoms with van der Waals surface area (Å²) in [6.07, 6.45) is 1.55. The van der Waals surface area contributed by atoms with Gasteiger partial charge in [-0.1, -0.05) is 12.1 Å². The zero-order chi connectivity index (χ0) is 16.4. The number of benzene rings is 1. The molecule has 1 saturated carbocycles. The van der Waals surface area contributed by atoms with Gasteiger partial charge in [-0.3, -0.25) is 9.59 Å². The minimum absolute atomic E-state index is 0.0686. The number of thiophene rings is 1. The highest BCUT2D eigenvalue weighted by Crippen LogP contribution is 2.50. The van der Waals surface area contributed by atoms with Crippen LogP contribution in [-0.2, 0) is 16.0 Å². The van der Waals surface area contributed by atoms with Crippen molar-refractivity contribution in [3.05, 3.63) is 51.7 Å². The van der Waals surface area contributed by atoms with Gasteiger partial charge >= 0.3 is 5.97 Å². The number of carboxylic acids is 1. The zero-order valence-corrected chi connectivity index (χ0v) is 13.7. The number of carbonyl (C=O) groups is 2. The molecule has 1 aromatic carbocycles. The van der Waals surface area contributed by atoms with E-state index in [9.17, 15) is 9.59 Å². The summed E-state index contributed by atoms with van der Waals surface area (Å²) in [4.78, 5) is 24.2. The second-order valence-corrected chi connectivity index (χ2v) is 6.94. The molecule has 2 N–H and O–H groups in total. The van der Waals surface area contributed by atoms with Gasteiger partial charge in [0.2, 0.25) is 5.91 Å². The summed E-state index contributed by atoms with van der Waals surface area (Å²) < 4.78 is 0. The van der Waals surface area contributed by atoms with Crippen LogP contribution in [0.25, 0.3) is 0 Å². The first kappa shape index (κ1) is 15.7. The van der Waals surface area contributed by atoms with Crippen LogP contribution < -0.4 is 5.32 Å². The van der Waals surface area contributed by atoms with Crippen molar-refractivity contribution in [3.63, 3.8) is 0 Å². The van der Waals surface area contributed by atoms with E-state index in [4.69, 9.17) is 5.11 Å². The third kappa shape index (κ3) is 3.79. The first-order chi connectivity index (χ1) is 11.0. The Morgan fingerprint density at radius 2 is 2.00 bits per heavy atom. The normalized spacial score (nSPS) is 19.3. The van der Waals surface area contributed by atoms with Gasteiger partial charge in [0.25, 0.3) is 0 Å². The summed E-state index contributed by atoms with van der Waals surface area (Å²) in [6.45, 7) is 2.09. The molecule has 0 radical (unpaired) electrons. The van der Waals surface area contributed by atoms with Crippen LogP contribution in [0.5, 0.6) is 0 Å². The lowest BCUT2D eigenvalue weighted by atomic mass is 10.1. The van der Waals surface area contributed by atoms with Crippen LogP contribution >= 0.6 is 11.3 Å². The lowest BCUT2D eigenvalue weighted by Crippen LogP contribution is -2.14. The number of rotatable bonds is 6. The minimum atomic E-state index is -0.800. The predicted octanol–water partition coefficient (Wildman–Crippen LogP) is 3.82. The molecule has 1 heterocycles. The highest BCUT2D eigenvalue weighted by Gasteiger charge is 2.45. The Bertz CT molecular complexity index is 720. The third-order valence-corrected chi connectivity index (χ3v) is 5.37. The van der Waals surface area contributed by atoms with Crippen LogP contribution in [0.4, 0.5) is 5.69 Å². The fourth-order valence-corrected chi connectivity index (χ4v) is 3.89. The summed E-state index contributed by atoms with van der Waals surface area (Å²) >= 11 is 1.73. The molecule has 120 valence electrons. The first-order valence-corrected chi connectivity index (χ1v) is 8.58. The van der Waals surface area contributed by atoms with E-state index < -0.39 is 5.97 Å². The highest BCUT2D eigenvalue weighted by molar-refractivity contribution is 7.10. The molecule has 0 spiro atoms. The second kappa shape index (κ2) is 6.54. The van der Waals surface area contributed by atoms with Crippen molar-refractivity contribution in [1.82, 2.24) is 0 Å². The molecule has 0 saturated heterocycles. The van der Waals surface area contributed by atoms with Crippen molar-refractivity contribution in [1.29, 1.82) is 0 Å². The maximum absolute atomic E-state index is 12.3. The van der Waals surface area contributed by atoms with Crippen molar-refractivity contribution in [2.24, 2.45) is 5.92 Å². The molecule has 2 aromatic rings. The fourth-order valence-electron chi connectivity index (χ4n) is 2.78. The number of carbonyl (C=O) groups excluding carboxylic acids is 1. The number of hydrogen-bond donors (Lipinski definition) is 2. The lowest BCUT2D eigenvalue weighted by Gasteiger charge is -2.06. The molecule has 1 amide bonds. The van der Waals surface area contributed by atoms with E-state index in [0.29, 0.717) is 12.3 Å². The van der Waals surface area contributed by atoms with Gasteiger partial charge in [-0.2, -0.15) is 0 Å². The van der Waals surface area contributed by atoms with Gasteiger partial charge in [-0.25, -0.2) is 0 Å². The van der Waals surface area contributed by atoms with Crippen molar-refractivity contribution >= 4 is 28.9 Å². The number of aliphatic carboxylic acids is 1. The SMILES string of the molecule is Cc1ccsc1C1CC1C(=O)Nc1ccc(CCC(=O)O)cc1. The van der Waals surface area contributed by atoms with E-state index in [-0.39, 0.29) is 18.2 Å². The largest absolute Gasteiger partial charge is 0.481 e. The van der Waals surface area contributed by atoms with E-state index >= 15 is 0 Å². The van der Waals surface area contributed by atoms with Crippen LogP contribution in [0, 0.1) is 12.8 Å². The summed E-state index contributed by atoms with van der Waals surface area (Å²) in [7, 11) is 0. The summed E-state index contributed by atoms with van der Waals surface area (Å²) in [5.41, 5.74) is 3.00. The van der Waals surface area contributed by atoms with Gasteiger partial charge < -0.3 is 10.4 Å². The minimum Gasteiger partial charge on any atom is -0.481 e. The van der Waals surface area contributed by atoms with Crippen LogP contribution in [0.15, 0.2) is 35.7 Å². The fraction of sp³-hybridized carbons (Fsp3) is 0.333. The third-order valence-electron chi connectivity index (χ3n) is 4.21. The Morgan fingerprint density at radius 3 is 2.61 bits per heavy atom. The van der Waals surface area contributed by atoms with Gasteiger partial charge in [-0.15, -0.1) is 11.3 Å². The average Bonchev–Trinajstić information content (AvgIpc) is 3.21. The molecule has 1 aliphatic rings. The zero-order valence-electron chi connectivity index (χ0n) is 12.9. The molecule has 2 atom stereocenters. The standard InChI is InChI=1S/C18H19NO3S/c1-11-8-9-23-17(11)14-10-15(14)18(22)19-13-5-2-12(3-6-13)4-7-16(20)21/h2-3,5-6,8-9,14-15H,4,7,10H2,1H3,(H,19,22)(H,20,21). The molecule has 0 aliphatic heterocycles. The predicted molar refractivity (Wildman–Crippen MR) is 90.9 cm³/mol. The van der Waals surface area contributed by atoms with Crippen molar-refractivity contribution < 1.29 is 14.7 Å². The van der Waals surface area contributed by atoms with Gasteiger partial charge in [0.1, 0.15) is 0 Å². The number of anilines is 1. The Labute approximate surface area is 139 Å². The first-order valence-electron chi connectivity index (χ1n) is 7.70. The number of hydrogen-bond acceptors (Lipinski definition) is 3. The van der Waals surface area contributed by atoms with E-state index in [0.717, 1.165) is 17.7 Å². The Hall–Kier alpha value is -2.14. The molecular weight excluding hydrogens is 310 g/mol. The van der Waals surface area contributed by atoms with E-state index in [1.807, 2.05) is 24.3 Å². The molecule has 3 rings (SSSR count). The highest BCUT2D eigenvalue weighted by atomic mass is 32.1. The van der Waals surface area contributed by atoms with Crippen LogP contribution in [0.3, 0.4) is 0 Å². The Balaban J connectivity index is 1.55. The number of carboxylic acid groups (broad SMARTS) is 1. The Morgan fingerprint density at radius 1 is 1.26 bits per heavy atom. The second-order valence-electron chi connectivity index (χ2n) is 6.00. The number of nitrogens with one attached hydrogen (secondary N) is 1. The molecule has 1 fully saturated rings. The van der Waals surface area contributed by atoms with Crippen molar-refractivity contribution in [2.45, 2.75) is 32.1 Å².